The van der Waals surface area contributed by atoms with E-state index in [0.29, 0.717) is 5.69 Å². The Morgan fingerprint density at radius 3 is 2.65 bits per heavy atom. The molecule has 0 saturated carbocycles. The molecule has 0 spiro atoms. The number of para-hydroxylation sites is 1. The van der Waals surface area contributed by atoms with Crippen LogP contribution in [0.15, 0.2) is 41.2 Å². The van der Waals surface area contributed by atoms with Gasteiger partial charge in [-0.15, -0.1) is 0 Å². The number of nitrogens with one attached hydrogen (secondary N) is 1. The molecule has 2 aromatic rings. The highest BCUT2D eigenvalue weighted by Gasteiger charge is 2.09. The zero-order valence-electron chi connectivity index (χ0n) is 9.04. The number of aromatic nitrogens is 2. The molecular weight excluding hydrogens is 224 g/mol. The number of nitrogens with zero attached hydrogens (tertiary/aromatic N) is 1. The quantitative estimate of drug-likeness (QED) is 0.795. The molecule has 0 aliphatic rings. The van der Waals surface area contributed by atoms with Crippen molar-refractivity contribution in [3.63, 3.8) is 0 Å². The summed E-state index contributed by atoms with van der Waals surface area (Å²) >= 11 is 0. The first-order valence-corrected chi connectivity index (χ1v) is 4.84. The number of hydrogen-bond acceptors (Lipinski definition) is 4. The van der Waals surface area contributed by atoms with Gasteiger partial charge in [0, 0.05) is 0 Å². The van der Waals surface area contributed by atoms with Crippen LogP contribution in [0.5, 0.6) is 5.88 Å². The van der Waals surface area contributed by atoms with Crippen LogP contribution in [-0.2, 0) is 4.74 Å². The molecule has 0 saturated heterocycles. The molecule has 1 heterocycles. The summed E-state index contributed by atoms with van der Waals surface area (Å²) < 4.78 is 10.3. The zero-order valence-corrected chi connectivity index (χ0v) is 9.04. The van der Waals surface area contributed by atoms with Crippen LogP contribution in [0.3, 0.4) is 0 Å². The molecule has 88 valence electrons. The van der Waals surface area contributed by atoms with Crippen molar-refractivity contribution in [2.75, 3.05) is 7.11 Å². The van der Waals surface area contributed by atoms with Crippen LogP contribution in [0.4, 0.5) is 4.79 Å². The van der Waals surface area contributed by atoms with Crippen LogP contribution < -0.4 is 10.3 Å². The van der Waals surface area contributed by atoms with Crippen molar-refractivity contribution in [3.05, 3.63) is 46.8 Å². The number of ether oxygens (including phenoxy) is 2. The van der Waals surface area contributed by atoms with Gasteiger partial charge in [0.15, 0.2) is 0 Å². The van der Waals surface area contributed by atoms with E-state index >= 15 is 0 Å². The summed E-state index contributed by atoms with van der Waals surface area (Å²) in [6, 6.07) is 10.1. The van der Waals surface area contributed by atoms with Gasteiger partial charge in [-0.2, -0.15) is 0 Å². The minimum Gasteiger partial charge on any atom is -0.437 e. The van der Waals surface area contributed by atoms with E-state index in [2.05, 4.69) is 9.84 Å². The van der Waals surface area contributed by atoms with E-state index in [9.17, 15) is 9.59 Å². The third-order valence-electron chi connectivity index (χ3n) is 2.07. The molecule has 2 rings (SSSR count). The van der Waals surface area contributed by atoms with Gasteiger partial charge >= 0.3 is 6.16 Å². The number of rotatable bonds is 2. The van der Waals surface area contributed by atoms with Gasteiger partial charge in [0.2, 0.25) is 5.88 Å². The first-order chi connectivity index (χ1) is 8.20. The number of hydrogen-bond donors (Lipinski definition) is 1. The van der Waals surface area contributed by atoms with Crippen molar-refractivity contribution in [1.29, 1.82) is 0 Å². The summed E-state index contributed by atoms with van der Waals surface area (Å²) in [5.41, 5.74) is 0.326. The number of carbonyl (C=O) groups is 1. The van der Waals surface area contributed by atoms with Gasteiger partial charge in [0.05, 0.1) is 18.9 Å². The van der Waals surface area contributed by atoms with E-state index in [1.165, 1.54) is 17.9 Å². The third-order valence-corrected chi connectivity index (χ3v) is 2.07. The first kappa shape index (κ1) is 11.0. The summed E-state index contributed by atoms with van der Waals surface area (Å²) in [4.78, 5) is 22.5. The first-order valence-electron chi connectivity index (χ1n) is 4.84. The van der Waals surface area contributed by atoms with Crippen LogP contribution in [0.25, 0.3) is 5.69 Å². The van der Waals surface area contributed by atoms with E-state index in [1.807, 2.05) is 6.07 Å². The average Bonchev–Trinajstić information content (AvgIpc) is 2.71. The van der Waals surface area contributed by atoms with E-state index < -0.39 is 6.16 Å². The van der Waals surface area contributed by atoms with Crippen molar-refractivity contribution in [1.82, 2.24) is 9.78 Å². The van der Waals surface area contributed by atoms with Crippen LogP contribution in [0.1, 0.15) is 0 Å². The predicted octanol–water partition coefficient (Wildman–Crippen LogP) is 1.31. The molecule has 0 fully saturated rings. The Labute approximate surface area is 96.4 Å². The van der Waals surface area contributed by atoms with E-state index in [-0.39, 0.29) is 11.4 Å². The molecule has 0 bridgehead atoms. The predicted molar refractivity (Wildman–Crippen MR) is 59.4 cm³/mol. The van der Waals surface area contributed by atoms with Gasteiger partial charge in [-0.3, -0.25) is 9.89 Å². The van der Waals surface area contributed by atoms with Gasteiger partial charge < -0.3 is 9.47 Å². The van der Waals surface area contributed by atoms with Crippen molar-refractivity contribution in [2.45, 2.75) is 0 Å². The van der Waals surface area contributed by atoms with Crippen LogP contribution >= 0.6 is 0 Å². The molecule has 1 aromatic carbocycles. The fourth-order valence-electron chi connectivity index (χ4n) is 1.33. The molecule has 1 aromatic heterocycles. The molecule has 0 radical (unpaired) electrons. The summed E-state index contributed by atoms with van der Waals surface area (Å²) in [7, 11) is 1.19. The fraction of sp³-hybridized carbons (Fsp3) is 0.0909. The smallest absolute Gasteiger partial charge is 0.437 e. The molecule has 0 aliphatic carbocycles. The molecule has 6 heteroatoms. The second-order valence-corrected chi connectivity index (χ2v) is 3.19. The maximum atomic E-state index is 11.6. The minimum atomic E-state index is -0.883. The number of H-pyrrole nitrogens is 1. The van der Waals surface area contributed by atoms with Crippen LogP contribution in [0, 0.1) is 0 Å². The van der Waals surface area contributed by atoms with E-state index in [0.717, 1.165) is 0 Å². The van der Waals surface area contributed by atoms with Crippen LogP contribution in [0.2, 0.25) is 0 Å². The Balaban J connectivity index is 2.32. The number of benzene rings is 1. The molecule has 17 heavy (non-hydrogen) atoms. The Morgan fingerprint density at radius 1 is 1.29 bits per heavy atom. The normalized spacial score (nSPS) is 9.94. The lowest BCUT2D eigenvalue weighted by molar-refractivity contribution is 0.119. The molecular formula is C11H10N2O4. The summed E-state index contributed by atoms with van der Waals surface area (Å²) in [5, 5.41) is 2.64. The van der Waals surface area contributed by atoms with E-state index in [1.54, 1.807) is 24.3 Å². The maximum absolute atomic E-state index is 11.6. The second-order valence-electron chi connectivity index (χ2n) is 3.19. The highest BCUT2D eigenvalue weighted by atomic mass is 16.7. The van der Waals surface area contributed by atoms with E-state index in [4.69, 9.17) is 4.74 Å². The number of aromatic amines is 1. The van der Waals surface area contributed by atoms with Crippen molar-refractivity contribution in [2.24, 2.45) is 0 Å². The van der Waals surface area contributed by atoms with Gasteiger partial charge in [0.25, 0.3) is 5.56 Å². The standard InChI is InChI=1S/C11H10N2O4/c1-16-11(15)17-9-7-10(14)13(12-9)8-5-3-2-4-6-8/h2-7,12H,1H3. The average molecular weight is 234 g/mol. The number of carbonyl (C=O) groups excluding carboxylic acids is 1. The SMILES string of the molecule is COC(=O)Oc1cc(=O)n(-c2ccccc2)[nH]1. The fourth-order valence-corrected chi connectivity index (χ4v) is 1.33. The van der Waals surface area contributed by atoms with Crippen LogP contribution in [-0.4, -0.2) is 23.0 Å². The Bertz CT molecular complexity index is 571. The third kappa shape index (κ3) is 2.36. The molecule has 0 aliphatic heterocycles. The molecule has 6 nitrogen and oxygen atoms in total. The monoisotopic (exact) mass is 234 g/mol. The number of methoxy groups -OCH3 is 1. The maximum Gasteiger partial charge on any atom is 0.514 e. The largest absolute Gasteiger partial charge is 0.514 e. The Kier molecular flexibility index (Phi) is 2.95. The minimum absolute atomic E-state index is 0.0331. The van der Waals surface area contributed by atoms with Crippen molar-refractivity contribution < 1.29 is 14.3 Å². The molecule has 0 unspecified atom stereocenters. The Hall–Kier alpha value is -2.50. The molecule has 0 amide bonds. The topological polar surface area (TPSA) is 73.3 Å². The summed E-state index contributed by atoms with van der Waals surface area (Å²) in [6.07, 6.45) is -0.883. The van der Waals surface area contributed by atoms with Gasteiger partial charge in [-0.1, -0.05) is 18.2 Å². The second kappa shape index (κ2) is 4.56. The molecule has 1 N–H and O–H groups in total. The summed E-state index contributed by atoms with van der Waals surface area (Å²) in [5.74, 6) is 0.0331. The van der Waals surface area contributed by atoms with Crippen molar-refractivity contribution >= 4 is 6.16 Å². The lowest BCUT2D eigenvalue weighted by Crippen LogP contribution is -2.13. The highest BCUT2D eigenvalue weighted by Crippen LogP contribution is 2.08. The summed E-state index contributed by atoms with van der Waals surface area (Å²) in [6.45, 7) is 0. The van der Waals surface area contributed by atoms with Gasteiger partial charge in [-0.05, 0) is 12.1 Å². The lowest BCUT2D eigenvalue weighted by atomic mass is 10.3. The lowest BCUT2D eigenvalue weighted by Gasteiger charge is -2.01. The Morgan fingerprint density at radius 2 is 2.00 bits per heavy atom. The molecule has 0 atom stereocenters. The van der Waals surface area contributed by atoms with Gasteiger partial charge in [-0.25, -0.2) is 9.48 Å². The zero-order chi connectivity index (χ0) is 12.3. The van der Waals surface area contributed by atoms with Crippen molar-refractivity contribution in [3.8, 4) is 11.6 Å². The van der Waals surface area contributed by atoms with Gasteiger partial charge in [0.1, 0.15) is 0 Å². The highest BCUT2D eigenvalue weighted by molar-refractivity contribution is 5.62.